The van der Waals surface area contributed by atoms with Gasteiger partial charge in [0, 0.05) is 61.3 Å². The van der Waals surface area contributed by atoms with Crippen molar-refractivity contribution in [3.8, 4) is 11.1 Å². The van der Waals surface area contributed by atoms with Crippen molar-refractivity contribution in [2.45, 2.75) is 25.5 Å². The summed E-state index contributed by atoms with van der Waals surface area (Å²) in [6.07, 6.45) is 5.52. The minimum atomic E-state index is -0.414. The number of piperidine rings is 1. The number of anilines is 1. The van der Waals surface area contributed by atoms with Crippen molar-refractivity contribution in [2.75, 3.05) is 44.3 Å². The second-order valence-electron chi connectivity index (χ2n) is 7.08. The van der Waals surface area contributed by atoms with E-state index < -0.39 is 5.82 Å². The molecule has 0 aliphatic carbocycles. The zero-order chi connectivity index (χ0) is 18.6. The van der Waals surface area contributed by atoms with Crippen molar-refractivity contribution in [3.63, 3.8) is 0 Å². The van der Waals surface area contributed by atoms with Crippen molar-refractivity contribution in [1.29, 1.82) is 0 Å². The molecule has 2 fully saturated rings. The third kappa shape index (κ3) is 3.95. The number of hydrogen-bond acceptors (Lipinski definition) is 6. The zero-order valence-corrected chi connectivity index (χ0v) is 15.4. The van der Waals surface area contributed by atoms with E-state index in [4.69, 9.17) is 4.74 Å². The van der Waals surface area contributed by atoms with Crippen molar-refractivity contribution in [1.82, 2.24) is 14.9 Å². The molecule has 0 amide bonds. The zero-order valence-electron chi connectivity index (χ0n) is 15.4. The summed E-state index contributed by atoms with van der Waals surface area (Å²) in [5.74, 6) is 0.278. The second kappa shape index (κ2) is 8.29. The Bertz CT molecular complexity index is 757. The summed E-state index contributed by atoms with van der Waals surface area (Å²) in [5.41, 5.74) is 1.32. The molecule has 1 aromatic carbocycles. The van der Waals surface area contributed by atoms with Crippen molar-refractivity contribution < 1.29 is 14.2 Å². The Hall–Kier alpha value is -2.09. The van der Waals surface area contributed by atoms with Gasteiger partial charge in [0.2, 0.25) is 5.95 Å². The van der Waals surface area contributed by atoms with Gasteiger partial charge in [-0.15, -0.1) is 0 Å². The average molecular weight is 372 g/mol. The van der Waals surface area contributed by atoms with Crippen molar-refractivity contribution in [2.24, 2.45) is 0 Å². The minimum absolute atomic E-state index is 0.279. The maximum atomic E-state index is 14.4. The highest BCUT2D eigenvalue weighted by atomic mass is 19.1. The van der Waals surface area contributed by atoms with E-state index in [9.17, 15) is 9.50 Å². The third-order valence-electron chi connectivity index (χ3n) is 5.51. The van der Waals surface area contributed by atoms with Crippen molar-refractivity contribution >= 4 is 5.95 Å². The maximum absolute atomic E-state index is 14.4. The van der Waals surface area contributed by atoms with Gasteiger partial charge in [-0.05, 0) is 12.8 Å². The van der Waals surface area contributed by atoms with E-state index in [0.717, 1.165) is 52.2 Å². The molecule has 0 spiro atoms. The highest BCUT2D eigenvalue weighted by Crippen LogP contribution is 2.26. The van der Waals surface area contributed by atoms with Gasteiger partial charge < -0.3 is 14.7 Å². The topological polar surface area (TPSA) is 61.7 Å². The van der Waals surface area contributed by atoms with Crippen LogP contribution in [-0.2, 0) is 11.3 Å². The summed E-state index contributed by atoms with van der Waals surface area (Å²) >= 11 is 0. The lowest BCUT2D eigenvalue weighted by atomic mass is 10.0. The smallest absolute Gasteiger partial charge is 0.225 e. The fraction of sp³-hybridized carbons (Fsp3) is 0.500. The van der Waals surface area contributed by atoms with Gasteiger partial charge in [-0.3, -0.25) is 4.90 Å². The molecule has 0 radical (unpaired) electrons. The number of morpholine rings is 1. The molecule has 2 aliphatic rings. The predicted molar refractivity (Wildman–Crippen MR) is 101 cm³/mol. The van der Waals surface area contributed by atoms with Crippen LogP contribution in [0, 0.1) is 5.82 Å². The predicted octanol–water partition coefficient (Wildman–Crippen LogP) is 2.08. The van der Waals surface area contributed by atoms with Gasteiger partial charge in [-0.25, -0.2) is 14.4 Å². The number of aromatic nitrogens is 2. The average Bonchev–Trinajstić information content (AvgIpc) is 2.75. The Kier molecular flexibility index (Phi) is 5.61. The molecule has 7 heteroatoms. The molecule has 0 bridgehead atoms. The SMILES string of the molecule is OCc1cccc(-c2cnc(N3CCC(N4CCOCC4)CC3)nc2)c1F. The Balaban J connectivity index is 1.41. The van der Waals surface area contributed by atoms with Gasteiger partial charge in [-0.2, -0.15) is 0 Å². The minimum Gasteiger partial charge on any atom is -0.392 e. The van der Waals surface area contributed by atoms with E-state index in [1.54, 1.807) is 30.6 Å². The molecule has 4 rings (SSSR count). The summed E-state index contributed by atoms with van der Waals surface area (Å²) in [5, 5.41) is 9.23. The molecular weight excluding hydrogens is 347 g/mol. The molecule has 2 saturated heterocycles. The largest absolute Gasteiger partial charge is 0.392 e. The normalized spacial score (nSPS) is 19.4. The van der Waals surface area contributed by atoms with Crippen LogP contribution in [0.5, 0.6) is 0 Å². The summed E-state index contributed by atoms with van der Waals surface area (Å²) < 4.78 is 19.8. The molecule has 2 aliphatic heterocycles. The van der Waals surface area contributed by atoms with Crippen LogP contribution in [0.1, 0.15) is 18.4 Å². The Labute approximate surface area is 158 Å². The van der Waals surface area contributed by atoms with E-state index in [-0.39, 0.29) is 12.2 Å². The number of ether oxygens (including phenoxy) is 1. The molecule has 1 aromatic heterocycles. The first kappa shape index (κ1) is 18.3. The van der Waals surface area contributed by atoms with Crippen LogP contribution in [0.4, 0.5) is 10.3 Å². The maximum Gasteiger partial charge on any atom is 0.225 e. The number of halogens is 1. The molecule has 2 aromatic rings. The number of nitrogens with zero attached hydrogens (tertiary/aromatic N) is 4. The highest BCUT2D eigenvalue weighted by Gasteiger charge is 2.26. The first-order valence-electron chi connectivity index (χ1n) is 9.53. The molecule has 144 valence electrons. The van der Waals surface area contributed by atoms with E-state index in [2.05, 4.69) is 19.8 Å². The Morgan fingerprint density at radius 1 is 1.07 bits per heavy atom. The van der Waals surface area contributed by atoms with E-state index in [0.29, 0.717) is 23.1 Å². The quantitative estimate of drug-likeness (QED) is 0.887. The molecule has 27 heavy (non-hydrogen) atoms. The molecular formula is C20H25FN4O2. The van der Waals surface area contributed by atoms with E-state index in [1.807, 2.05) is 0 Å². The van der Waals surface area contributed by atoms with Crippen molar-refractivity contribution in [3.05, 3.63) is 42.0 Å². The lowest BCUT2D eigenvalue weighted by molar-refractivity contribution is 0.0114. The molecule has 0 atom stereocenters. The van der Waals surface area contributed by atoms with Crippen LogP contribution >= 0.6 is 0 Å². The van der Waals surface area contributed by atoms with Gasteiger partial charge in [0.25, 0.3) is 0 Å². The first-order valence-corrected chi connectivity index (χ1v) is 9.53. The molecule has 0 unspecified atom stereocenters. The standard InChI is InChI=1S/C20H25FN4O2/c21-19-15(14-26)2-1-3-18(19)16-12-22-20(23-13-16)25-6-4-17(5-7-25)24-8-10-27-11-9-24/h1-3,12-13,17,26H,4-11,14H2. The first-order chi connectivity index (χ1) is 13.3. The number of hydrogen-bond donors (Lipinski definition) is 1. The molecule has 6 nitrogen and oxygen atoms in total. The summed E-state index contributed by atoms with van der Waals surface area (Å²) in [6.45, 7) is 5.24. The number of aliphatic hydroxyl groups excluding tert-OH is 1. The fourth-order valence-corrected chi connectivity index (χ4v) is 3.92. The molecule has 1 N–H and O–H groups in total. The number of aliphatic hydroxyl groups is 1. The van der Waals surface area contributed by atoms with Crippen LogP contribution in [0.15, 0.2) is 30.6 Å². The van der Waals surface area contributed by atoms with Crippen LogP contribution in [0.3, 0.4) is 0 Å². The summed E-state index contributed by atoms with van der Waals surface area (Å²) in [7, 11) is 0. The number of rotatable bonds is 4. The summed E-state index contributed by atoms with van der Waals surface area (Å²) in [4.78, 5) is 13.7. The van der Waals surface area contributed by atoms with Crippen LogP contribution in [0.2, 0.25) is 0 Å². The van der Waals surface area contributed by atoms with Gasteiger partial charge in [0.05, 0.1) is 19.8 Å². The highest BCUT2D eigenvalue weighted by molar-refractivity contribution is 5.63. The molecule has 0 saturated carbocycles. The number of benzene rings is 1. The monoisotopic (exact) mass is 372 g/mol. The van der Waals surface area contributed by atoms with E-state index in [1.165, 1.54) is 0 Å². The van der Waals surface area contributed by atoms with Crippen LogP contribution in [-0.4, -0.2) is 65.4 Å². The van der Waals surface area contributed by atoms with Crippen LogP contribution in [0.25, 0.3) is 11.1 Å². The van der Waals surface area contributed by atoms with Gasteiger partial charge in [-0.1, -0.05) is 18.2 Å². The third-order valence-corrected chi connectivity index (χ3v) is 5.51. The van der Waals surface area contributed by atoms with Gasteiger partial charge >= 0.3 is 0 Å². The lowest BCUT2D eigenvalue weighted by Crippen LogP contribution is -2.49. The molecule has 3 heterocycles. The lowest BCUT2D eigenvalue weighted by Gasteiger charge is -2.40. The van der Waals surface area contributed by atoms with E-state index >= 15 is 0 Å². The van der Waals surface area contributed by atoms with Gasteiger partial charge in [0.15, 0.2) is 0 Å². The summed E-state index contributed by atoms with van der Waals surface area (Å²) in [6, 6.07) is 5.60. The Morgan fingerprint density at radius 3 is 2.44 bits per heavy atom. The Morgan fingerprint density at radius 2 is 1.78 bits per heavy atom. The second-order valence-corrected chi connectivity index (χ2v) is 7.08. The van der Waals surface area contributed by atoms with Crippen LogP contribution < -0.4 is 4.90 Å². The fourth-order valence-electron chi connectivity index (χ4n) is 3.92. The van der Waals surface area contributed by atoms with Gasteiger partial charge in [0.1, 0.15) is 5.82 Å².